The van der Waals surface area contributed by atoms with Gasteiger partial charge in [-0.1, -0.05) is 37.5 Å². The maximum absolute atomic E-state index is 12.9. The minimum Gasteiger partial charge on any atom is -0.361 e. The van der Waals surface area contributed by atoms with Crippen LogP contribution in [0.2, 0.25) is 0 Å². The number of benzene rings is 1. The summed E-state index contributed by atoms with van der Waals surface area (Å²) in [6, 6.07) is 9.25. The van der Waals surface area contributed by atoms with Crippen LogP contribution in [0.5, 0.6) is 0 Å². The normalized spacial score (nSPS) is 16.2. The first-order valence-electron chi connectivity index (χ1n) is 10.0. The highest BCUT2D eigenvalue weighted by molar-refractivity contribution is 5.83. The van der Waals surface area contributed by atoms with Gasteiger partial charge in [-0.15, -0.1) is 0 Å². The highest BCUT2D eigenvalue weighted by atomic mass is 16.2. The van der Waals surface area contributed by atoms with Crippen LogP contribution in [0.25, 0.3) is 10.9 Å². The van der Waals surface area contributed by atoms with Crippen molar-refractivity contribution in [2.75, 3.05) is 0 Å². The summed E-state index contributed by atoms with van der Waals surface area (Å²) in [5, 5.41) is 4.32. The molecule has 0 radical (unpaired) electrons. The standard InChI is InChI=1S/C22H26N4O2/c1-14-24-20(12-21(27)25-14)19(26-22(28)15-7-3-2-4-8-15)11-16-13-23-18-10-6-5-9-17(16)18/h5-6,9-10,12-13,15,19,23H,2-4,7-8,11H2,1H3,(H,26,28)(H,24,25,27)/t19-/m1/s1. The van der Waals surface area contributed by atoms with Gasteiger partial charge < -0.3 is 15.3 Å². The van der Waals surface area contributed by atoms with Gasteiger partial charge in [0.1, 0.15) is 5.82 Å². The molecule has 146 valence electrons. The molecule has 2 heterocycles. The van der Waals surface area contributed by atoms with Gasteiger partial charge in [0, 0.05) is 35.5 Å². The Bertz CT molecular complexity index is 1030. The molecule has 0 spiro atoms. The number of aromatic amines is 2. The molecule has 1 aromatic carbocycles. The number of aromatic nitrogens is 3. The van der Waals surface area contributed by atoms with Crippen LogP contribution in [-0.4, -0.2) is 20.9 Å². The molecule has 6 heteroatoms. The van der Waals surface area contributed by atoms with Crippen LogP contribution in [0, 0.1) is 12.8 Å². The summed E-state index contributed by atoms with van der Waals surface area (Å²) in [4.78, 5) is 35.4. The van der Waals surface area contributed by atoms with Crippen molar-refractivity contribution < 1.29 is 4.79 Å². The van der Waals surface area contributed by atoms with Crippen LogP contribution in [0.1, 0.15) is 55.2 Å². The van der Waals surface area contributed by atoms with Crippen molar-refractivity contribution in [1.82, 2.24) is 20.3 Å². The van der Waals surface area contributed by atoms with Crippen molar-refractivity contribution >= 4 is 16.8 Å². The fourth-order valence-corrected chi connectivity index (χ4v) is 4.19. The van der Waals surface area contributed by atoms with E-state index < -0.39 is 0 Å². The number of carbonyl (C=O) groups excluding carboxylic acids is 1. The van der Waals surface area contributed by atoms with Crippen molar-refractivity contribution in [3.05, 3.63) is 64.0 Å². The zero-order chi connectivity index (χ0) is 19.5. The molecule has 0 bridgehead atoms. The number of amides is 1. The summed E-state index contributed by atoms with van der Waals surface area (Å²) in [6.07, 6.45) is 7.85. The second kappa shape index (κ2) is 8.00. The maximum atomic E-state index is 12.9. The Morgan fingerprint density at radius 1 is 1.25 bits per heavy atom. The Morgan fingerprint density at radius 2 is 2.04 bits per heavy atom. The summed E-state index contributed by atoms with van der Waals surface area (Å²) >= 11 is 0. The molecule has 0 saturated heterocycles. The highest BCUT2D eigenvalue weighted by Gasteiger charge is 2.25. The largest absolute Gasteiger partial charge is 0.361 e. The van der Waals surface area contributed by atoms with Crippen molar-refractivity contribution in [3.8, 4) is 0 Å². The molecule has 0 aliphatic heterocycles. The molecule has 1 saturated carbocycles. The molecule has 1 aliphatic rings. The van der Waals surface area contributed by atoms with E-state index in [4.69, 9.17) is 0 Å². The molecule has 1 amide bonds. The van der Waals surface area contributed by atoms with Gasteiger partial charge >= 0.3 is 0 Å². The highest BCUT2D eigenvalue weighted by Crippen LogP contribution is 2.27. The molecule has 3 N–H and O–H groups in total. The van der Waals surface area contributed by atoms with E-state index in [2.05, 4.69) is 26.3 Å². The lowest BCUT2D eigenvalue weighted by molar-refractivity contribution is -0.126. The minimum atomic E-state index is -0.338. The van der Waals surface area contributed by atoms with Crippen molar-refractivity contribution in [3.63, 3.8) is 0 Å². The van der Waals surface area contributed by atoms with Gasteiger partial charge in [-0.2, -0.15) is 0 Å². The summed E-state index contributed by atoms with van der Waals surface area (Å²) in [6.45, 7) is 1.76. The summed E-state index contributed by atoms with van der Waals surface area (Å²) in [5.41, 5.74) is 2.57. The van der Waals surface area contributed by atoms with E-state index in [1.165, 1.54) is 12.5 Å². The predicted molar refractivity (Wildman–Crippen MR) is 109 cm³/mol. The Kier molecular flexibility index (Phi) is 5.28. The van der Waals surface area contributed by atoms with E-state index in [9.17, 15) is 9.59 Å². The SMILES string of the molecule is Cc1nc([C@@H](Cc2c[nH]c3ccccc23)NC(=O)C2CCCCC2)cc(=O)[nH]1. The fourth-order valence-electron chi connectivity index (χ4n) is 4.19. The molecular weight excluding hydrogens is 352 g/mol. The number of hydrogen-bond donors (Lipinski definition) is 3. The van der Waals surface area contributed by atoms with Gasteiger partial charge in [-0.25, -0.2) is 4.98 Å². The summed E-state index contributed by atoms with van der Waals surface area (Å²) in [5.74, 6) is 0.685. The van der Waals surface area contributed by atoms with E-state index in [0.717, 1.165) is 42.1 Å². The molecule has 28 heavy (non-hydrogen) atoms. The van der Waals surface area contributed by atoms with Gasteiger partial charge in [0.05, 0.1) is 11.7 Å². The molecule has 6 nitrogen and oxygen atoms in total. The molecule has 2 aromatic heterocycles. The predicted octanol–water partition coefficient (Wildman–Crippen LogP) is 3.54. The number of rotatable bonds is 5. The van der Waals surface area contributed by atoms with Crippen LogP contribution < -0.4 is 10.9 Å². The maximum Gasteiger partial charge on any atom is 0.251 e. The average Bonchev–Trinajstić information content (AvgIpc) is 3.10. The van der Waals surface area contributed by atoms with Crippen LogP contribution in [0.4, 0.5) is 0 Å². The Hall–Kier alpha value is -2.89. The van der Waals surface area contributed by atoms with E-state index in [1.807, 2.05) is 24.4 Å². The number of H-pyrrole nitrogens is 2. The molecule has 1 aliphatic carbocycles. The third kappa shape index (κ3) is 4.01. The molecule has 1 atom stereocenters. The lowest BCUT2D eigenvalue weighted by Gasteiger charge is -2.25. The van der Waals surface area contributed by atoms with Gasteiger partial charge in [0.2, 0.25) is 5.91 Å². The Morgan fingerprint density at radius 3 is 2.82 bits per heavy atom. The van der Waals surface area contributed by atoms with Crippen molar-refractivity contribution in [1.29, 1.82) is 0 Å². The zero-order valence-electron chi connectivity index (χ0n) is 16.1. The number of nitrogens with one attached hydrogen (secondary N) is 3. The zero-order valence-corrected chi connectivity index (χ0v) is 16.1. The van der Waals surface area contributed by atoms with Gasteiger partial charge in [0.25, 0.3) is 5.56 Å². The van der Waals surface area contributed by atoms with E-state index in [0.29, 0.717) is 17.9 Å². The number of fused-ring (bicyclic) bond motifs is 1. The van der Waals surface area contributed by atoms with Crippen molar-refractivity contribution in [2.24, 2.45) is 5.92 Å². The average molecular weight is 378 g/mol. The van der Waals surface area contributed by atoms with Gasteiger partial charge in [-0.3, -0.25) is 9.59 Å². The first-order valence-corrected chi connectivity index (χ1v) is 10.0. The van der Waals surface area contributed by atoms with Crippen LogP contribution in [0.3, 0.4) is 0 Å². The van der Waals surface area contributed by atoms with Gasteiger partial charge in [-0.05, 0) is 31.4 Å². The smallest absolute Gasteiger partial charge is 0.251 e. The topological polar surface area (TPSA) is 90.6 Å². The Balaban J connectivity index is 1.64. The first-order chi connectivity index (χ1) is 13.6. The van der Waals surface area contributed by atoms with Crippen LogP contribution in [-0.2, 0) is 11.2 Å². The number of hydrogen-bond acceptors (Lipinski definition) is 3. The first kappa shape index (κ1) is 18.5. The Labute approximate surface area is 163 Å². The molecule has 3 aromatic rings. The quantitative estimate of drug-likeness (QED) is 0.634. The molecular formula is C22H26N4O2. The van der Waals surface area contributed by atoms with E-state index in [-0.39, 0.29) is 23.4 Å². The number of para-hydroxylation sites is 1. The second-order valence-corrected chi connectivity index (χ2v) is 7.72. The summed E-state index contributed by atoms with van der Waals surface area (Å²) < 4.78 is 0. The molecule has 0 unspecified atom stereocenters. The lowest BCUT2D eigenvalue weighted by Crippen LogP contribution is -2.36. The second-order valence-electron chi connectivity index (χ2n) is 7.72. The third-order valence-corrected chi connectivity index (χ3v) is 5.63. The van der Waals surface area contributed by atoms with Crippen LogP contribution >= 0.6 is 0 Å². The molecule has 4 rings (SSSR count). The number of nitrogens with zero attached hydrogens (tertiary/aromatic N) is 1. The van der Waals surface area contributed by atoms with Crippen molar-refractivity contribution in [2.45, 2.75) is 51.5 Å². The number of carbonyl (C=O) groups is 1. The third-order valence-electron chi connectivity index (χ3n) is 5.63. The lowest BCUT2D eigenvalue weighted by atomic mass is 9.88. The minimum absolute atomic E-state index is 0.0577. The van der Waals surface area contributed by atoms with Crippen LogP contribution in [0.15, 0.2) is 41.3 Å². The van der Waals surface area contributed by atoms with E-state index in [1.54, 1.807) is 6.92 Å². The van der Waals surface area contributed by atoms with Gasteiger partial charge in [0.15, 0.2) is 0 Å². The monoisotopic (exact) mass is 378 g/mol. The van der Waals surface area contributed by atoms with E-state index >= 15 is 0 Å². The number of aryl methyl sites for hydroxylation is 1. The fraction of sp³-hybridized carbons (Fsp3) is 0.409. The molecule has 1 fully saturated rings. The summed E-state index contributed by atoms with van der Waals surface area (Å²) in [7, 11) is 0.